The van der Waals surface area contributed by atoms with E-state index in [9.17, 15) is 9.59 Å². The third kappa shape index (κ3) is 5.27. The molecule has 1 aromatic carbocycles. The number of anilines is 1. The highest BCUT2D eigenvalue weighted by Gasteiger charge is 2.19. The topological polar surface area (TPSA) is 72.0 Å². The Morgan fingerprint density at radius 1 is 1.00 bits per heavy atom. The lowest BCUT2D eigenvalue weighted by Crippen LogP contribution is -2.48. The first kappa shape index (κ1) is 18.8. The number of nitrogens with zero attached hydrogens (tertiary/aromatic N) is 3. The lowest BCUT2D eigenvalue weighted by molar-refractivity contribution is -0.142. The van der Waals surface area contributed by atoms with Crippen LogP contribution in [0.3, 0.4) is 0 Å². The lowest BCUT2D eigenvalue weighted by Gasteiger charge is -2.35. The largest absolute Gasteiger partial charge is 0.482 e. The second-order valence-corrected chi connectivity index (χ2v) is 6.28. The van der Waals surface area contributed by atoms with Crippen LogP contribution in [0.2, 0.25) is 0 Å². The van der Waals surface area contributed by atoms with Crippen molar-refractivity contribution >= 4 is 17.4 Å². The Balaban J connectivity index is 1.47. The van der Waals surface area contributed by atoms with Gasteiger partial charge in [-0.15, -0.1) is 0 Å². The maximum absolute atomic E-state index is 12.5. The third-order valence-electron chi connectivity index (χ3n) is 4.53. The van der Waals surface area contributed by atoms with Gasteiger partial charge in [-0.3, -0.25) is 14.7 Å². The van der Waals surface area contributed by atoms with Crippen molar-refractivity contribution in [3.63, 3.8) is 0 Å². The van der Waals surface area contributed by atoms with Crippen molar-refractivity contribution in [1.29, 1.82) is 0 Å². The molecule has 1 aliphatic heterocycles. The van der Waals surface area contributed by atoms with Gasteiger partial charge in [-0.05, 0) is 36.4 Å². The van der Waals surface area contributed by atoms with Crippen LogP contribution < -0.4 is 9.64 Å². The number of aromatic nitrogens is 1. The van der Waals surface area contributed by atoms with E-state index in [1.54, 1.807) is 36.7 Å². The molecular weight excluding hydrogens is 346 g/mol. The monoisotopic (exact) mass is 369 g/mol. The maximum atomic E-state index is 12.5. The summed E-state index contributed by atoms with van der Waals surface area (Å²) in [6, 6.07) is 10.8. The summed E-state index contributed by atoms with van der Waals surface area (Å²) in [7, 11) is 1.31. The van der Waals surface area contributed by atoms with E-state index in [-0.39, 0.29) is 12.4 Å². The number of carbonyl (C=O) groups is 2. The van der Waals surface area contributed by atoms with Gasteiger partial charge in [0.05, 0.1) is 13.7 Å². The normalized spacial score (nSPS) is 14.6. The first-order valence-electron chi connectivity index (χ1n) is 8.86. The van der Waals surface area contributed by atoms with Crippen molar-refractivity contribution in [2.45, 2.75) is 0 Å². The van der Waals surface area contributed by atoms with Gasteiger partial charge in [0.25, 0.3) is 0 Å². The summed E-state index contributed by atoms with van der Waals surface area (Å²) < 4.78 is 9.82. The van der Waals surface area contributed by atoms with Crippen LogP contribution in [0, 0.1) is 0 Å². The van der Waals surface area contributed by atoms with Crippen molar-refractivity contribution in [2.24, 2.45) is 0 Å². The molecule has 1 saturated heterocycles. The minimum atomic E-state index is -0.443. The van der Waals surface area contributed by atoms with Gasteiger partial charge in [0.1, 0.15) is 5.75 Å². The molecule has 0 aliphatic carbocycles. The second kappa shape index (κ2) is 9.14. The number of ketones is 1. The number of carbonyl (C=O) groups excluding carboxylic acids is 2. The van der Waals surface area contributed by atoms with Crippen LogP contribution in [-0.4, -0.2) is 68.1 Å². The van der Waals surface area contributed by atoms with Crippen LogP contribution >= 0.6 is 0 Å². The van der Waals surface area contributed by atoms with Gasteiger partial charge < -0.3 is 14.4 Å². The molecule has 0 N–H and O–H groups in total. The number of esters is 1. The number of hydrogen-bond acceptors (Lipinski definition) is 7. The van der Waals surface area contributed by atoms with Crippen LogP contribution in [0.5, 0.6) is 5.75 Å². The van der Waals surface area contributed by atoms with Gasteiger partial charge in [0.2, 0.25) is 0 Å². The summed E-state index contributed by atoms with van der Waals surface area (Å²) >= 11 is 0. The minimum absolute atomic E-state index is 0.0758. The molecule has 0 radical (unpaired) electrons. The molecule has 0 saturated carbocycles. The van der Waals surface area contributed by atoms with Crippen molar-refractivity contribution in [2.75, 3.05) is 51.3 Å². The number of hydrogen-bond donors (Lipinski definition) is 0. The van der Waals surface area contributed by atoms with Crippen LogP contribution in [0.15, 0.2) is 48.8 Å². The third-order valence-corrected chi connectivity index (χ3v) is 4.53. The molecule has 0 spiro atoms. The fraction of sp³-hybridized carbons (Fsp3) is 0.350. The highest BCUT2D eigenvalue weighted by molar-refractivity contribution is 5.97. The lowest BCUT2D eigenvalue weighted by atomic mass is 10.1. The molecule has 0 bridgehead atoms. The SMILES string of the molecule is COC(=O)COc1ccc(C(=O)CN2CCN(c3ccncc3)CC2)cc1. The van der Waals surface area contributed by atoms with E-state index < -0.39 is 5.97 Å². The van der Waals surface area contributed by atoms with Gasteiger partial charge in [-0.2, -0.15) is 0 Å². The Labute approximate surface area is 158 Å². The van der Waals surface area contributed by atoms with Crippen molar-refractivity contribution < 1.29 is 19.1 Å². The van der Waals surface area contributed by atoms with Crippen LogP contribution in [0.25, 0.3) is 0 Å². The van der Waals surface area contributed by atoms with E-state index in [4.69, 9.17) is 4.74 Å². The fourth-order valence-corrected chi connectivity index (χ4v) is 2.95. The number of piperazine rings is 1. The van der Waals surface area contributed by atoms with E-state index >= 15 is 0 Å². The number of Topliss-reactive ketones (excluding diaryl/α,β-unsaturated/α-hetero) is 1. The Bertz CT molecular complexity index is 757. The van der Waals surface area contributed by atoms with E-state index in [1.165, 1.54) is 12.8 Å². The zero-order valence-corrected chi connectivity index (χ0v) is 15.3. The fourth-order valence-electron chi connectivity index (χ4n) is 2.95. The Hall–Kier alpha value is -2.93. The highest BCUT2D eigenvalue weighted by Crippen LogP contribution is 2.16. The molecule has 0 unspecified atom stereocenters. The second-order valence-electron chi connectivity index (χ2n) is 6.28. The van der Waals surface area contributed by atoms with Crippen molar-refractivity contribution in [1.82, 2.24) is 9.88 Å². The Kier molecular flexibility index (Phi) is 6.38. The predicted octanol–water partition coefficient (Wildman–Crippen LogP) is 1.64. The summed E-state index contributed by atoms with van der Waals surface area (Å²) in [5, 5.41) is 0. The first-order valence-corrected chi connectivity index (χ1v) is 8.86. The Morgan fingerprint density at radius 3 is 2.30 bits per heavy atom. The predicted molar refractivity (Wildman–Crippen MR) is 101 cm³/mol. The van der Waals surface area contributed by atoms with Gasteiger partial charge in [-0.1, -0.05) is 0 Å². The summed E-state index contributed by atoms with van der Waals surface area (Å²) in [4.78, 5) is 32.1. The molecular formula is C20H23N3O4. The van der Waals surface area contributed by atoms with Gasteiger partial charge in [0, 0.05) is 49.8 Å². The molecule has 1 aliphatic rings. The smallest absolute Gasteiger partial charge is 0.343 e. The number of methoxy groups -OCH3 is 1. The summed E-state index contributed by atoms with van der Waals surface area (Å²) in [6.07, 6.45) is 3.59. The first-order chi connectivity index (χ1) is 13.2. The zero-order valence-electron chi connectivity index (χ0n) is 15.3. The van der Waals surface area contributed by atoms with Crippen LogP contribution in [-0.2, 0) is 9.53 Å². The summed E-state index contributed by atoms with van der Waals surface area (Å²) in [5.74, 6) is 0.163. The van der Waals surface area contributed by atoms with Gasteiger partial charge >= 0.3 is 5.97 Å². The van der Waals surface area contributed by atoms with Gasteiger partial charge in [0.15, 0.2) is 12.4 Å². The number of rotatable bonds is 7. The average Bonchev–Trinajstić information content (AvgIpc) is 2.73. The van der Waals surface area contributed by atoms with E-state index in [0.717, 1.165) is 26.2 Å². The molecule has 1 aromatic heterocycles. The molecule has 7 nitrogen and oxygen atoms in total. The molecule has 0 amide bonds. The molecule has 2 aromatic rings. The minimum Gasteiger partial charge on any atom is -0.482 e. The van der Waals surface area contributed by atoms with Crippen LogP contribution in [0.4, 0.5) is 5.69 Å². The Morgan fingerprint density at radius 2 is 1.67 bits per heavy atom. The highest BCUT2D eigenvalue weighted by atomic mass is 16.6. The number of benzene rings is 1. The molecule has 1 fully saturated rings. The number of ether oxygens (including phenoxy) is 2. The zero-order chi connectivity index (χ0) is 19.1. The van der Waals surface area contributed by atoms with E-state index in [0.29, 0.717) is 17.9 Å². The van der Waals surface area contributed by atoms with Crippen molar-refractivity contribution in [3.8, 4) is 5.75 Å². The molecule has 27 heavy (non-hydrogen) atoms. The van der Waals surface area contributed by atoms with Crippen LogP contribution in [0.1, 0.15) is 10.4 Å². The quantitative estimate of drug-likeness (QED) is 0.543. The average molecular weight is 369 g/mol. The van der Waals surface area contributed by atoms with E-state index in [1.807, 2.05) is 12.1 Å². The van der Waals surface area contributed by atoms with E-state index in [2.05, 4.69) is 19.5 Å². The summed E-state index contributed by atoms with van der Waals surface area (Å²) in [6.45, 7) is 3.70. The molecule has 142 valence electrons. The number of pyridine rings is 1. The molecule has 7 heteroatoms. The molecule has 3 rings (SSSR count). The standard InChI is InChI=1S/C20H23N3O4/c1-26-20(25)15-27-18-4-2-16(3-5-18)19(24)14-22-10-12-23(13-11-22)17-6-8-21-9-7-17/h2-9H,10-15H2,1H3. The molecule has 2 heterocycles. The molecule has 0 atom stereocenters. The summed E-state index contributed by atoms with van der Waals surface area (Å²) in [5.41, 5.74) is 1.80. The van der Waals surface area contributed by atoms with Gasteiger partial charge in [-0.25, -0.2) is 4.79 Å². The van der Waals surface area contributed by atoms with Crippen molar-refractivity contribution in [3.05, 3.63) is 54.4 Å². The maximum Gasteiger partial charge on any atom is 0.343 e.